The Morgan fingerprint density at radius 1 is 1.00 bits per heavy atom. The normalized spacial score (nSPS) is 11.8. The summed E-state index contributed by atoms with van der Waals surface area (Å²) in [5.74, 6) is -0.241. The van der Waals surface area contributed by atoms with E-state index >= 15 is 0 Å². The summed E-state index contributed by atoms with van der Waals surface area (Å²) in [5, 5.41) is 0. The maximum Gasteiger partial charge on any atom is 0.220 e. The topological polar surface area (TPSA) is 37.4 Å². The molecule has 23 heavy (non-hydrogen) atoms. The van der Waals surface area contributed by atoms with Gasteiger partial charge in [0.05, 0.1) is 0 Å². The summed E-state index contributed by atoms with van der Waals surface area (Å²) in [6.45, 7) is 3.82. The fraction of sp³-hybridized carbons (Fsp3) is 0.222. The molecule has 0 radical (unpaired) electrons. The maximum absolute atomic E-state index is 13.2. The number of ketones is 1. The minimum atomic E-state index is -0.660. The number of halogens is 2. The minimum Gasteiger partial charge on any atom is -0.329 e. The predicted molar refractivity (Wildman–Crippen MR) is 98.4 cm³/mol. The van der Waals surface area contributed by atoms with E-state index in [2.05, 4.69) is 31.9 Å². The summed E-state index contributed by atoms with van der Waals surface area (Å²) in [7, 11) is 0. The Kier molecular flexibility index (Phi) is 6.13. The number of likely N-dealkylation sites (N-methyl/N-ethyl adjacent to an activating group) is 1. The van der Waals surface area contributed by atoms with Gasteiger partial charge < -0.3 is 4.90 Å². The predicted octanol–water partition coefficient (Wildman–Crippen LogP) is 5.00. The largest absolute Gasteiger partial charge is 0.329 e. The van der Waals surface area contributed by atoms with Gasteiger partial charge in [-0.2, -0.15) is 0 Å². The molecular weight excluding hydrogens is 422 g/mol. The highest BCUT2D eigenvalue weighted by atomic mass is 79.9. The first-order chi connectivity index (χ1) is 11.0. The summed E-state index contributed by atoms with van der Waals surface area (Å²) in [6, 6.07) is 14.1. The van der Waals surface area contributed by atoms with Crippen LogP contribution in [0, 0.1) is 0 Å². The van der Waals surface area contributed by atoms with Gasteiger partial charge in [0, 0.05) is 28.0 Å². The molecule has 0 saturated carbocycles. The van der Waals surface area contributed by atoms with Crippen molar-refractivity contribution in [3.05, 3.63) is 68.6 Å². The molecule has 0 aliphatic rings. The summed E-state index contributed by atoms with van der Waals surface area (Å²) < 4.78 is 1.53. The molecule has 0 saturated heterocycles. The van der Waals surface area contributed by atoms with Crippen molar-refractivity contribution in [3.63, 3.8) is 0 Å². The van der Waals surface area contributed by atoms with Crippen LogP contribution in [-0.2, 0) is 4.79 Å². The Labute approximate surface area is 152 Å². The van der Waals surface area contributed by atoms with Gasteiger partial charge in [-0.15, -0.1) is 0 Å². The Balaban J connectivity index is 2.58. The van der Waals surface area contributed by atoms with Crippen LogP contribution in [0.4, 0.5) is 0 Å². The highest BCUT2D eigenvalue weighted by Gasteiger charge is 2.31. The third-order valence-corrected chi connectivity index (χ3v) is 5.06. The average Bonchev–Trinajstić information content (AvgIpc) is 2.53. The third-order valence-electron chi connectivity index (χ3n) is 3.64. The van der Waals surface area contributed by atoms with Crippen molar-refractivity contribution < 1.29 is 9.59 Å². The van der Waals surface area contributed by atoms with Gasteiger partial charge >= 0.3 is 0 Å². The zero-order valence-corrected chi connectivity index (χ0v) is 16.1. The Hall–Kier alpha value is -1.46. The number of carbonyl (C=O) groups is 2. The Morgan fingerprint density at radius 2 is 1.57 bits per heavy atom. The number of nitrogens with zero attached hydrogens (tertiary/aromatic N) is 1. The number of hydrogen-bond donors (Lipinski definition) is 0. The first kappa shape index (κ1) is 17.9. The molecule has 0 aromatic heterocycles. The number of rotatable bonds is 5. The van der Waals surface area contributed by atoms with Crippen molar-refractivity contribution in [1.29, 1.82) is 0 Å². The molecule has 2 rings (SSSR count). The lowest BCUT2D eigenvalue weighted by atomic mass is 9.95. The van der Waals surface area contributed by atoms with Gasteiger partial charge in [-0.3, -0.25) is 9.59 Å². The zero-order valence-electron chi connectivity index (χ0n) is 12.9. The average molecular weight is 439 g/mol. The standard InChI is InChI=1S/C18H17Br2NO2/c1-3-21(12(2)22)17(13-8-4-6-10-15(13)19)18(23)14-9-5-7-11-16(14)20/h4-11,17H,3H2,1-2H3. The second kappa shape index (κ2) is 7.88. The molecule has 0 N–H and O–H groups in total. The van der Waals surface area contributed by atoms with Crippen LogP contribution in [0.1, 0.15) is 35.8 Å². The first-order valence-electron chi connectivity index (χ1n) is 7.27. The van der Waals surface area contributed by atoms with Crippen LogP contribution in [0.5, 0.6) is 0 Å². The number of amides is 1. The van der Waals surface area contributed by atoms with Crippen molar-refractivity contribution in [2.24, 2.45) is 0 Å². The molecule has 2 aromatic carbocycles. The summed E-state index contributed by atoms with van der Waals surface area (Å²) in [5.41, 5.74) is 1.35. The monoisotopic (exact) mass is 437 g/mol. The Morgan fingerprint density at radius 3 is 2.09 bits per heavy atom. The lowest BCUT2D eigenvalue weighted by molar-refractivity contribution is -0.130. The fourth-order valence-corrected chi connectivity index (χ4v) is 3.52. The number of Topliss-reactive ketones (excluding diaryl/α,β-unsaturated/α-hetero) is 1. The molecular formula is C18H17Br2NO2. The lowest BCUT2D eigenvalue weighted by Gasteiger charge is -2.30. The highest BCUT2D eigenvalue weighted by Crippen LogP contribution is 2.32. The summed E-state index contributed by atoms with van der Waals surface area (Å²) in [4.78, 5) is 26.8. The van der Waals surface area contributed by atoms with Gasteiger partial charge in [0.25, 0.3) is 0 Å². The lowest BCUT2D eigenvalue weighted by Crippen LogP contribution is -2.37. The van der Waals surface area contributed by atoms with Crippen LogP contribution < -0.4 is 0 Å². The fourth-order valence-electron chi connectivity index (χ4n) is 2.54. The molecule has 0 bridgehead atoms. The summed E-state index contributed by atoms with van der Waals surface area (Å²) in [6.07, 6.45) is 0. The van der Waals surface area contributed by atoms with Crippen molar-refractivity contribution in [1.82, 2.24) is 4.90 Å². The molecule has 1 amide bonds. The van der Waals surface area contributed by atoms with Crippen molar-refractivity contribution in [3.8, 4) is 0 Å². The minimum absolute atomic E-state index is 0.110. The molecule has 120 valence electrons. The number of carbonyl (C=O) groups excluding carboxylic acids is 2. The van der Waals surface area contributed by atoms with E-state index < -0.39 is 6.04 Å². The van der Waals surface area contributed by atoms with E-state index in [0.29, 0.717) is 12.1 Å². The van der Waals surface area contributed by atoms with Crippen LogP contribution in [0.2, 0.25) is 0 Å². The second-order valence-corrected chi connectivity index (χ2v) is 6.78. The van der Waals surface area contributed by atoms with E-state index in [9.17, 15) is 9.59 Å². The van der Waals surface area contributed by atoms with E-state index in [0.717, 1.165) is 14.5 Å². The molecule has 0 spiro atoms. The maximum atomic E-state index is 13.2. The molecule has 1 atom stereocenters. The highest BCUT2D eigenvalue weighted by molar-refractivity contribution is 9.10. The van der Waals surface area contributed by atoms with Crippen LogP contribution >= 0.6 is 31.9 Å². The van der Waals surface area contributed by atoms with Crippen LogP contribution in [0.25, 0.3) is 0 Å². The van der Waals surface area contributed by atoms with E-state index in [-0.39, 0.29) is 11.7 Å². The smallest absolute Gasteiger partial charge is 0.220 e. The van der Waals surface area contributed by atoms with E-state index in [1.165, 1.54) is 6.92 Å². The third kappa shape index (κ3) is 3.90. The molecule has 0 aliphatic carbocycles. The molecule has 0 fully saturated rings. The SMILES string of the molecule is CCN(C(C)=O)C(C(=O)c1ccccc1Br)c1ccccc1Br. The van der Waals surface area contributed by atoms with Crippen LogP contribution in [0.3, 0.4) is 0 Å². The van der Waals surface area contributed by atoms with Crippen LogP contribution in [0.15, 0.2) is 57.5 Å². The Bertz CT molecular complexity index is 730. The zero-order chi connectivity index (χ0) is 17.0. The summed E-state index contributed by atoms with van der Waals surface area (Å²) >= 11 is 6.93. The van der Waals surface area contributed by atoms with Crippen molar-refractivity contribution >= 4 is 43.6 Å². The van der Waals surface area contributed by atoms with Gasteiger partial charge in [0.15, 0.2) is 5.78 Å². The number of benzene rings is 2. The molecule has 2 aromatic rings. The first-order valence-corrected chi connectivity index (χ1v) is 8.86. The van der Waals surface area contributed by atoms with Gasteiger partial charge in [-0.1, -0.05) is 68.3 Å². The number of hydrogen-bond acceptors (Lipinski definition) is 2. The van der Waals surface area contributed by atoms with Gasteiger partial charge in [0.2, 0.25) is 5.91 Å². The molecule has 0 aliphatic heterocycles. The van der Waals surface area contributed by atoms with Gasteiger partial charge in [0.1, 0.15) is 6.04 Å². The molecule has 1 unspecified atom stereocenters. The molecule has 3 nitrogen and oxygen atoms in total. The van der Waals surface area contributed by atoms with Crippen LogP contribution in [-0.4, -0.2) is 23.1 Å². The molecule has 5 heteroatoms. The van der Waals surface area contributed by atoms with E-state index in [1.54, 1.807) is 11.0 Å². The molecule has 0 heterocycles. The van der Waals surface area contributed by atoms with Crippen molar-refractivity contribution in [2.75, 3.05) is 6.54 Å². The van der Waals surface area contributed by atoms with E-state index in [4.69, 9.17) is 0 Å². The van der Waals surface area contributed by atoms with E-state index in [1.807, 2.05) is 49.4 Å². The van der Waals surface area contributed by atoms with Gasteiger partial charge in [-0.05, 0) is 24.6 Å². The van der Waals surface area contributed by atoms with Gasteiger partial charge in [-0.25, -0.2) is 0 Å². The second-order valence-electron chi connectivity index (χ2n) is 5.07. The van der Waals surface area contributed by atoms with Crippen molar-refractivity contribution in [2.45, 2.75) is 19.9 Å². The quantitative estimate of drug-likeness (QED) is 0.615.